The number of benzene rings is 2. The maximum Gasteiger partial charge on any atom is 0.310 e. The van der Waals surface area contributed by atoms with E-state index in [0.29, 0.717) is 31.9 Å². The molecule has 2 aromatic rings. The fraction of sp³-hybridized carbons (Fsp3) is 0.514. The molecule has 4 N–H and O–H groups in total. The van der Waals surface area contributed by atoms with Gasteiger partial charge in [0.2, 0.25) is 11.8 Å². The molecular weight excluding hydrogens is 678 g/mol. The quantitative estimate of drug-likeness (QED) is 0.0562. The lowest BCUT2D eigenvalue weighted by Gasteiger charge is -2.27. The second-order valence-corrected chi connectivity index (χ2v) is 12.4. The number of rotatable bonds is 23. The summed E-state index contributed by atoms with van der Waals surface area (Å²) >= 11 is 0. The Morgan fingerprint density at radius 2 is 1.58 bits per heavy atom. The number of ketones is 1. The Labute approximate surface area is 301 Å². The Morgan fingerprint density at radius 3 is 2.29 bits per heavy atom. The summed E-state index contributed by atoms with van der Waals surface area (Å²) in [6, 6.07) is 6.18. The van der Waals surface area contributed by atoms with Crippen molar-refractivity contribution in [2.45, 2.75) is 70.8 Å². The third kappa shape index (κ3) is 11.1. The highest BCUT2D eigenvalue weighted by Crippen LogP contribution is 2.32. The number of anilines is 1. The van der Waals surface area contributed by atoms with E-state index >= 15 is 0 Å². The Morgan fingerprint density at radius 1 is 0.885 bits per heavy atom. The van der Waals surface area contributed by atoms with E-state index in [1.807, 2.05) is 0 Å². The summed E-state index contributed by atoms with van der Waals surface area (Å²) in [6.07, 6.45) is 4.86. The number of phenolic OH excluding ortho intramolecular Hbond substituents is 2. The number of unbranched alkanes of at least 4 members (excludes halogenated alkanes) is 4. The van der Waals surface area contributed by atoms with Crippen molar-refractivity contribution in [2.75, 3.05) is 58.1 Å². The number of nitrogens with zero attached hydrogens (tertiary/aromatic N) is 1. The van der Waals surface area contributed by atoms with Gasteiger partial charge < -0.3 is 34.5 Å². The Kier molecular flexibility index (Phi) is 15.5. The first-order valence-electron chi connectivity index (χ1n) is 17.7. The van der Waals surface area contributed by atoms with Crippen molar-refractivity contribution in [3.63, 3.8) is 0 Å². The van der Waals surface area contributed by atoms with Gasteiger partial charge in [0.05, 0.1) is 62.8 Å². The van der Waals surface area contributed by atoms with Crippen molar-refractivity contribution in [2.24, 2.45) is 0 Å². The minimum Gasteiger partial charge on any atom is -0.508 e. The van der Waals surface area contributed by atoms with Crippen molar-refractivity contribution >= 4 is 41.1 Å². The average Bonchev–Trinajstić information content (AvgIpc) is 3.35. The lowest BCUT2D eigenvalue weighted by atomic mass is 9.96. The molecule has 2 aliphatic rings. The first-order chi connectivity index (χ1) is 25.1. The highest BCUT2D eigenvalue weighted by atomic mass is 16.6. The van der Waals surface area contributed by atoms with E-state index in [0.717, 1.165) is 36.6 Å². The van der Waals surface area contributed by atoms with Crippen LogP contribution in [-0.2, 0) is 39.8 Å². The topological polar surface area (TPSA) is 207 Å². The first kappa shape index (κ1) is 39.9. The number of carbonyl (C=O) groups is 6. The molecule has 0 spiro atoms. The third-order valence-corrected chi connectivity index (χ3v) is 8.57. The van der Waals surface area contributed by atoms with Crippen LogP contribution in [-0.4, -0.2) is 109 Å². The fourth-order valence-electron chi connectivity index (χ4n) is 6.03. The molecule has 15 nitrogen and oxygen atoms in total. The first-order valence-corrected chi connectivity index (χ1v) is 17.7. The molecule has 2 aromatic carbocycles. The van der Waals surface area contributed by atoms with Crippen LogP contribution in [0.2, 0.25) is 0 Å². The van der Waals surface area contributed by atoms with Gasteiger partial charge in [0.15, 0.2) is 5.78 Å². The van der Waals surface area contributed by atoms with Crippen LogP contribution < -0.4 is 10.6 Å². The zero-order valence-electron chi connectivity index (χ0n) is 29.4. The van der Waals surface area contributed by atoms with Crippen LogP contribution in [0.15, 0.2) is 30.3 Å². The molecule has 4 rings (SSSR count). The summed E-state index contributed by atoms with van der Waals surface area (Å²) in [5.74, 6) is -3.79. The summed E-state index contributed by atoms with van der Waals surface area (Å²) in [5.41, 5.74) is 1.05. The molecule has 1 fully saturated rings. The molecule has 0 aliphatic carbocycles. The van der Waals surface area contributed by atoms with Crippen LogP contribution in [0.4, 0.5) is 5.69 Å². The highest BCUT2D eigenvalue weighted by molar-refractivity contribution is 6.25. The zero-order chi connectivity index (χ0) is 37.5. The molecule has 2 aliphatic heterocycles. The van der Waals surface area contributed by atoms with Crippen molar-refractivity contribution < 1.29 is 57.9 Å². The molecule has 0 bridgehead atoms. The molecule has 2 heterocycles. The number of imide groups is 2. The summed E-state index contributed by atoms with van der Waals surface area (Å²) in [4.78, 5) is 76.1. The van der Waals surface area contributed by atoms with Crippen molar-refractivity contribution in [1.82, 2.24) is 10.2 Å². The lowest BCUT2D eigenvalue weighted by molar-refractivity contribution is -0.144. The van der Waals surface area contributed by atoms with Crippen LogP contribution in [0.25, 0.3) is 0 Å². The van der Waals surface area contributed by atoms with Gasteiger partial charge in [0.1, 0.15) is 24.1 Å². The number of amides is 4. The maximum atomic E-state index is 13.2. The Hall–Kier alpha value is -4.86. The number of ether oxygens (including phenoxy) is 4. The van der Waals surface area contributed by atoms with Gasteiger partial charge in [0.25, 0.3) is 11.8 Å². The number of phenols is 2. The minimum absolute atomic E-state index is 0.0280. The van der Waals surface area contributed by atoms with Crippen LogP contribution in [0.1, 0.15) is 94.9 Å². The largest absolute Gasteiger partial charge is 0.508 e. The van der Waals surface area contributed by atoms with E-state index < -0.39 is 35.6 Å². The molecule has 15 heteroatoms. The van der Waals surface area contributed by atoms with Gasteiger partial charge in [-0.3, -0.25) is 39.0 Å². The Balaban J connectivity index is 1.05. The number of hydrogen-bond donors (Lipinski definition) is 4. The van der Waals surface area contributed by atoms with E-state index in [4.69, 9.17) is 18.9 Å². The van der Waals surface area contributed by atoms with Gasteiger partial charge in [-0.1, -0.05) is 38.7 Å². The number of aromatic hydroxyl groups is 2. The number of nitrogens with one attached hydrogen (secondary N) is 2. The predicted molar refractivity (Wildman–Crippen MR) is 186 cm³/mol. The number of hydrogen-bond acceptors (Lipinski definition) is 13. The van der Waals surface area contributed by atoms with Gasteiger partial charge >= 0.3 is 5.97 Å². The smallest absolute Gasteiger partial charge is 0.310 e. The van der Waals surface area contributed by atoms with E-state index in [1.54, 1.807) is 12.1 Å². The van der Waals surface area contributed by atoms with E-state index in [1.165, 1.54) is 12.1 Å². The van der Waals surface area contributed by atoms with Crippen LogP contribution in [0, 0.1) is 0 Å². The minimum atomic E-state index is -1.04. The standard InChI is InChI=1S/C37H47N3O12/c1-2-3-4-5-6-10-29(42)33-24(21-25(41)23-30(33)43)22-32(45)52-20-19-51-18-17-50-16-15-49-14-13-38-27-9-7-8-26-34(27)37(48)40(36(26)47)28-11-12-31(44)39-35(28)46/h7-9,21,23,28,38,41,43H,2-6,10-20,22H2,1H3,(H,39,44,46). The number of Topliss-reactive ketones (excluding diaryl/α,β-unsaturated/α-hetero) is 1. The van der Waals surface area contributed by atoms with E-state index in [9.17, 15) is 39.0 Å². The van der Waals surface area contributed by atoms with Gasteiger partial charge in [-0.25, -0.2) is 0 Å². The Bertz CT molecular complexity index is 1610. The van der Waals surface area contributed by atoms with Crippen LogP contribution in [0.3, 0.4) is 0 Å². The highest BCUT2D eigenvalue weighted by Gasteiger charge is 2.45. The average molecular weight is 726 g/mol. The predicted octanol–water partition coefficient (Wildman–Crippen LogP) is 3.29. The summed E-state index contributed by atoms with van der Waals surface area (Å²) in [7, 11) is 0. The van der Waals surface area contributed by atoms with Gasteiger partial charge in [-0.05, 0) is 36.6 Å². The zero-order valence-corrected chi connectivity index (χ0v) is 29.4. The van der Waals surface area contributed by atoms with E-state index in [2.05, 4.69) is 17.6 Å². The molecule has 282 valence electrons. The van der Waals surface area contributed by atoms with E-state index in [-0.39, 0.29) is 98.3 Å². The lowest BCUT2D eigenvalue weighted by Crippen LogP contribution is -2.54. The molecular formula is C37H47N3O12. The fourth-order valence-corrected chi connectivity index (χ4v) is 6.03. The molecule has 52 heavy (non-hydrogen) atoms. The molecule has 0 radical (unpaired) electrons. The molecule has 0 aromatic heterocycles. The number of fused-ring (bicyclic) bond motifs is 1. The summed E-state index contributed by atoms with van der Waals surface area (Å²) < 4.78 is 21.7. The van der Waals surface area contributed by atoms with Crippen molar-refractivity contribution in [3.8, 4) is 11.5 Å². The summed E-state index contributed by atoms with van der Waals surface area (Å²) in [6.45, 7) is 3.93. The van der Waals surface area contributed by atoms with Gasteiger partial charge in [-0.15, -0.1) is 0 Å². The third-order valence-electron chi connectivity index (χ3n) is 8.57. The maximum absolute atomic E-state index is 13.2. The van der Waals surface area contributed by atoms with Crippen molar-refractivity contribution in [1.29, 1.82) is 0 Å². The van der Waals surface area contributed by atoms with Gasteiger partial charge in [0, 0.05) is 31.1 Å². The summed E-state index contributed by atoms with van der Waals surface area (Å²) in [5, 5.41) is 25.5. The number of piperidine rings is 1. The normalized spacial score (nSPS) is 15.5. The number of esters is 1. The van der Waals surface area contributed by atoms with Crippen molar-refractivity contribution in [3.05, 3.63) is 52.6 Å². The molecule has 1 unspecified atom stereocenters. The molecule has 0 saturated carbocycles. The molecule has 4 amide bonds. The van der Waals surface area contributed by atoms with Crippen LogP contribution >= 0.6 is 0 Å². The molecule has 1 saturated heterocycles. The second-order valence-electron chi connectivity index (χ2n) is 12.4. The second kappa shape index (κ2) is 20.2. The number of carbonyl (C=O) groups excluding carboxylic acids is 6. The molecule has 1 atom stereocenters. The van der Waals surface area contributed by atoms with Gasteiger partial charge in [-0.2, -0.15) is 0 Å². The SMILES string of the molecule is CCCCCCCC(=O)c1c(O)cc(O)cc1CC(=O)OCCOCCOCCOCCNc1cccc2c1C(=O)N(C1CCC(=O)NC1=O)C2=O. The van der Waals surface area contributed by atoms with Crippen LogP contribution in [0.5, 0.6) is 11.5 Å². The monoisotopic (exact) mass is 725 g/mol.